The number of halogens is 3. The van der Waals surface area contributed by atoms with Crippen LogP contribution in [-0.4, -0.2) is 36.3 Å². The largest absolute Gasteiger partial charge is 0.493 e. The zero-order valence-electron chi connectivity index (χ0n) is 14.2. The number of hydrogen-bond donors (Lipinski definition) is 1. The maximum atomic E-state index is 12.7. The van der Waals surface area contributed by atoms with Crippen molar-refractivity contribution in [1.82, 2.24) is 4.90 Å². The van der Waals surface area contributed by atoms with Gasteiger partial charge in [-0.25, -0.2) is 0 Å². The summed E-state index contributed by atoms with van der Waals surface area (Å²) in [6.07, 6.45) is -4.32. The number of aliphatic hydroxyl groups is 1. The van der Waals surface area contributed by atoms with E-state index in [2.05, 4.69) is 4.90 Å². The van der Waals surface area contributed by atoms with Gasteiger partial charge in [0.2, 0.25) is 0 Å². The van der Waals surface area contributed by atoms with Gasteiger partial charge in [0.05, 0.1) is 18.8 Å². The summed E-state index contributed by atoms with van der Waals surface area (Å²) < 4.78 is 44.0. The molecule has 0 aliphatic carbocycles. The van der Waals surface area contributed by atoms with Gasteiger partial charge in [-0.2, -0.15) is 13.2 Å². The van der Waals surface area contributed by atoms with Crippen LogP contribution in [0, 0.1) is 5.41 Å². The van der Waals surface area contributed by atoms with Crippen LogP contribution in [-0.2, 0) is 12.7 Å². The summed E-state index contributed by atoms with van der Waals surface area (Å²) in [6, 6.07) is 13.2. The number of hydrogen-bond acceptors (Lipinski definition) is 3. The highest BCUT2D eigenvalue weighted by atomic mass is 19.4. The van der Waals surface area contributed by atoms with E-state index < -0.39 is 11.7 Å². The second kappa shape index (κ2) is 6.28. The van der Waals surface area contributed by atoms with Crippen LogP contribution in [0.25, 0.3) is 0 Å². The number of rotatable bonds is 3. The molecule has 0 bridgehead atoms. The van der Waals surface area contributed by atoms with E-state index in [1.165, 1.54) is 12.1 Å². The molecule has 26 heavy (non-hydrogen) atoms. The van der Waals surface area contributed by atoms with E-state index in [-0.39, 0.29) is 17.9 Å². The molecule has 6 heteroatoms. The minimum absolute atomic E-state index is 0.0233. The molecule has 0 radical (unpaired) electrons. The number of benzene rings is 2. The van der Waals surface area contributed by atoms with Crippen molar-refractivity contribution >= 4 is 0 Å². The van der Waals surface area contributed by atoms with Crippen molar-refractivity contribution in [2.45, 2.75) is 18.6 Å². The molecule has 1 saturated heterocycles. The fourth-order valence-electron chi connectivity index (χ4n) is 4.15. The van der Waals surface area contributed by atoms with Crippen LogP contribution in [0.3, 0.4) is 0 Å². The van der Waals surface area contributed by atoms with Crippen LogP contribution in [0.4, 0.5) is 13.2 Å². The lowest BCUT2D eigenvalue weighted by Crippen LogP contribution is -2.42. The van der Waals surface area contributed by atoms with Gasteiger partial charge >= 0.3 is 6.18 Å². The molecule has 1 N–H and O–H groups in total. The predicted molar refractivity (Wildman–Crippen MR) is 90.9 cm³/mol. The number of nitrogens with zero attached hydrogens (tertiary/aromatic N) is 1. The van der Waals surface area contributed by atoms with Crippen LogP contribution in [0.15, 0.2) is 48.5 Å². The van der Waals surface area contributed by atoms with Gasteiger partial charge in [-0.3, -0.25) is 4.90 Å². The molecule has 138 valence electrons. The second-order valence-corrected chi connectivity index (χ2v) is 7.26. The lowest BCUT2D eigenvalue weighted by Gasteiger charge is -2.38. The topological polar surface area (TPSA) is 32.7 Å². The van der Waals surface area contributed by atoms with E-state index >= 15 is 0 Å². The number of alkyl halides is 3. The molecule has 1 fully saturated rings. The normalized spacial score (nSPS) is 25.5. The minimum atomic E-state index is -4.32. The minimum Gasteiger partial charge on any atom is -0.493 e. The lowest BCUT2D eigenvalue weighted by atomic mass is 9.74. The average Bonchev–Trinajstić information content (AvgIpc) is 3.00. The van der Waals surface area contributed by atoms with Gasteiger partial charge in [0.1, 0.15) is 5.75 Å². The first-order valence-corrected chi connectivity index (χ1v) is 8.62. The van der Waals surface area contributed by atoms with Gasteiger partial charge in [0, 0.05) is 31.0 Å². The summed E-state index contributed by atoms with van der Waals surface area (Å²) in [7, 11) is 0. The smallest absolute Gasteiger partial charge is 0.416 e. The maximum absolute atomic E-state index is 12.7. The first-order chi connectivity index (χ1) is 12.4. The van der Waals surface area contributed by atoms with Gasteiger partial charge in [-0.1, -0.05) is 30.3 Å². The number of para-hydroxylation sites is 1. The summed E-state index contributed by atoms with van der Waals surface area (Å²) in [6.45, 7) is 2.44. The molecule has 4 rings (SSSR count). The van der Waals surface area contributed by atoms with Crippen LogP contribution < -0.4 is 4.74 Å². The molecule has 0 amide bonds. The maximum Gasteiger partial charge on any atom is 0.416 e. The zero-order valence-corrected chi connectivity index (χ0v) is 14.2. The molecule has 3 nitrogen and oxygen atoms in total. The molecule has 0 saturated carbocycles. The van der Waals surface area contributed by atoms with Gasteiger partial charge < -0.3 is 9.84 Å². The van der Waals surface area contributed by atoms with Crippen molar-refractivity contribution < 1.29 is 23.0 Å². The Bertz CT molecular complexity index is 790. The molecular weight excluding hydrogens is 343 g/mol. The molecular formula is C20H20F3NO2. The van der Waals surface area contributed by atoms with Crippen molar-refractivity contribution in [3.05, 3.63) is 65.2 Å². The summed E-state index contributed by atoms with van der Waals surface area (Å²) in [5.41, 5.74) is 0.937. The third kappa shape index (κ3) is 2.97. The van der Waals surface area contributed by atoms with Crippen molar-refractivity contribution in [2.24, 2.45) is 5.41 Å². The molecule has 2 aromatic rings. The summed E-state index contributed by atoms with van der Waals surface area (Å²) in [5.74, 6) is 1.02. The molecule has 2 atom stereocenters. The molecule has 2 heterocycles. The highest BCUT2D eigenvalue weighted by molar-refractivity contribution is 5.41. The second-order valence-electron chi connectivity index (χ2n) is 7.26. The molecule has 0 spiro atoms. The fraction of sp³-hybridized carbons (Fsp3) is 0.400. The first kappa shape index (κ1) is 17.4. The lowest BCUT2D eigenvalue weighted by molar-refractivity contribution is -0.137. The number of fused-ring (bicyclic) bond motifs is 3. The molecule has 2 aliphatic rings. The van der Waals surface area contributed by atoms with Crippen molar-refractivity contribution in [1.29, 1.82) is 0 Å². The van der Waals surface area contributed by atoms with Crippen LogP contribution in [0.1, 0.15) is 22.6 Å². The molecule has 2 aliphatic heterocycles. The Balaban J connectivity index is 1.54. The van der Waals surface area contributed by atoms with Gasteiger partial charge in [-0.05, 0) is 29.3 Å². The number of ether oxygens (including phenoxy) is 1. The zero-order chi connectivity index (χ0) is 18.4. The monoisotopic (exact) mass is 363 g/mol. The Kier molecular flexibility index (Phi) is 4.20. The van der Waals surface area contributed by atoms with Gasteiger partial charge in [0.25, 0.3) is 0 Å². The summed E-state index contributed by atoms with van der Waals surface area (Å²) >= 11 is 0. The number of likely N-dealkylation sites (tertiary alicyclic amines) is 1. The van der Waals surface area contributed by atoms with E-state index in [0.717, 1.165) is 35.6 Å². The van der Waals surface area contributed by atoms with E-state index in [4.69, 9.17) is 4.74 Å². The van der Waals surface area contributed by atoms with E-state index in [0.29, 0.717) is 19.7 Å². The van der Waals surface area contributed by atoms with Crippen molar-refractivity contribution in [3.63, 3.8) is 0 Å². The van der Waals surface area contributed by atoms with Crippen molar-refractivity contribution in [3.8, 4) is 5.75 Å². The van der Waals surface area contributed by atoms with Crippen LogP contribution in [0.5, 0.6) is 5.75 Å². The SMILES string of the molecule is OC[C@@]12COc3ccccc3[C@@H]1CN(Cc1ccc(C(F)(F)F)cc1)C2. The summed E-state index contributed by atoms with van der Waals surface area (Å²) in [5, 5.41) is 10.1. The Morgan fingerprint density at radius 2 is 1.85 bits per heavy atom. The molecule has 0 unspecified atom stereocenters. The van der Waals surface area contributed by atoms with Crippen molar-refractivity contribution in [2.75, 3.05) is 26.3 Å². The van der Waals surface area contributed by atoms with Gasteiger partial charge in [0.15, 0.2) is 0 Å². The van der Waals surface area contributed by atoms with E-state index in [9.17, 15) is 18.3 Å². The first-order valence-electron chi connectivity index (χ1n) is 8.62. The number of aliphatic hydroxyl groups excluding tert-OH is 1. The highest BCUT2D eigenvalue weighted by Gasteiger charge is 2.50. The standard InChI is InChI=1S/C20H20F3NO2/c21-20(22,23)15-7-5-14(6-8-15)9-24-10-17-16-3-1-2-4-18(16)26-13-19(17,11-24)12-25/h1-8,17,25H,9-13H2/t17-,19-/m0/s1. The predicted octanol–water partition coefficient (Wildman–Crippen LogP) is 3.68. The Morgan fingerprint density at radius 3 is 2.54 bits per heavy atom. The quantitative estimate of drug-likeness (QED) is 0.903. The third-order valence-electron chi connectivity index (χ3n) is 5.53. The molecule has 2 aromatic carbocycles. The average molecular weight is 363 g/mol. The van der Waals surface area contributed by atoms with Crippen LogP contribution in [0.2, 0.25) is 0 Å². The van der Waals surface area contributed by atoms with E-state index in [1.54, 1.807) is 0 Å². The summed E-state index contributed by atoms with van der Waals surface area (Å²) in [4.78, 5) is 2.19. The Morgan fingerprint density at radius 1 is 1.12 bits per heavy atom. The third-order valence-corrected chi connectivity index (χ3v) is 5.53. The molecule has 0 aromatic heterocycles. The highest BCUT2D eigenvalue weighted by Crippen LogP contribution is 2.49. The Hall–Kier alpha value is -2.05. The Labute approximate surface area is 150 Å². The van der Waals surface area contributed by atoms with Gasteiger partial charge in [-0.15, -0.1) is 0 Å². The fourth-order valence-corrected chi connectivity index (χ4v) is 4.15. The van der Waals surface area contributed by atoms with Crippen LogP contribution >= 0.6 is 0 Å². The van der Waals surface area contributed by atoms with E-state index in [1.807, 2.05) is 24.3 Å².